The number of benzene rings is 5. The van der Waals surface area contributed by atoms with E-state index in [2.05, 4.69) is 16.0 Å². The van der Waals surface area contributed by atoms with Crippen molar-refractivity contribution in [1.29, 1.82) is 0 Å². The van der Waals surface area contributed by atoms with E-state index in [1.165, 1.54) is 11.8 Å². The summed E-state index contributed by atoms with van der Waals surface area (Å²) < 4.78 is 5.89. The minimum Gasteiger partial charge on any atom is -0.489 e. The lowest BCUT2D eigenvalue weighted by atomic mass is 10.1. The summed E-state index contributed by atoms with van der Waals surface area (Å²) in [5.41, 5.74) is 5.68. The van der Waals surface area contributed by atoms with E-state index in [1.807, 2.05) is 112 Å². The van der Waals surface area contributed by atoms with Crippen LogP contribution in [-0.2, 0) is 16.2 Å². The molecule has 8 heteroatoms. The first-order valence-electron chi connectivity index (χ1n) is 15.6. The van der Waals surface area contributed by atoms with Crippen LogP contribution < -0.4 is 20.7 Å². The van der Waals surface area contributed by atoms with Crippen molar-refractivity contribution >= 4 is 46.9 Å². The second kappa shape index (κ2) is 16.3. The van der Waals surface area contributed by atoms with Gasteiger partial charge < -0.3 is 20.7 Å². The van der Waals surface area contributed by atoms with Gasteiger partial charge in [-0.1, -0.05) is 78.9 Å². The van der Waals surface area contributed by atoms with E-state index in [0.717, 1.165) is 27.3 Å². The van der Waals surface area contributed by atoms with Gasteiger partial charge in [0, 0.05) is 21.8 Å². The van der Waals surface area contributed by atoms with E-state index in [4.69, 9.17) is 4.74 Å². The van der Waals surface area contributed by atoms with Gasteiger partial charge in [-0.3, -0.25) is 14.4 Å². The number of rotatable bonds is 12. The molecular weight excluding hydrogens is 619 g/mol. The summed E-state index contributed by atoms with van der Waals surface area (Å²) in [5.74, 6) is -0.287. The molecule has 0 aliphatic carbocycles. The fraction of sp³-hybridized carbons (Fsp3) is 0.125. The van der Waals surface area contributed by atoms with Gasteiger partial charge in [-0.15, -0.1) is 11.8 Å². The summed E-state index contributed by atoms with van der Waals surface area (Å²) in [7, 11) is 0. The number of aryl methyl sites for hydroxylation is 2. The van der Waals surface area contributed by atoms with E-state index in [1.54, 1.807) is 42.5 Å². The van der Waals surface area contributed by atoms with Crippen LogP contribution >= 0.6 is 11.8 Å². The van der Waals surface area contributed by atoms with Gasteiger partial charge in [0.25, 0.3) is 11.8 Å². The molecule has 0 aromatic heterocycles. The van der Waals surface area contributed by atoms with Crippen LogP contribution in [0.25, 0.3) is 6.08 Å². The van der Waals surface area contributed by atoms with Crippen LogP contribution in [0.5, 0.6) is 5.75 Å². The Kier molecular flexibility index (Phi) is 11.5. The number of carbonyl (C=O) groups is 3. The molecule has 48 heavy (non-hydrogen) atoms. The summed E-state index contributed by atoms with van der Waals surface area (Å²) in [6.07, 6.45) is 1.62. The molecule has 0 aliphatic heterocycles. The number of thioether (sulfide) groups is 1. The van der Waals surface area contributed by atoms with Crippen molar-refractivity contribution in [2.45, 2.75) is 37.5 Å². The van der Waals surface area contributed by atoms with Crippen LogP contribution in [0.15, 0.2) is 138 Å². The summed E-state index contributed by atoms with van der Waals surface area (Å²) in [5, 5.41) is 8.36. The molecule has 0 bridgehead atoms. The van der Waals surface area contributed by atoms with Crippen LogP contribution in [0.1, 0.15) is 39.5 Å². The molecule has 0 radical (unpaired) electrons. The first kappa shape index (κ1) is 33.8. The molecule has 0 spiro atoms. The Morgan fingerprint density at radius 2 is 1.35 bits per heavy atom. The second-order valence-corrected chi connectivity index (χ2v) is 12.6. The summed E-state index contributed by atoms with van der Waals surface area (Å²) in [6, 6.07) is 39.0. The van der Waals surface area contributed by atoms with Crippen LogP contribution in [-0.4, -0.2) is 23.0 Å². The SMILES string of the molecule is Cc1cccc(C)c1NC(=O)C(C)Sc1ccc(NC(=O)/C(=C/c2ccc(OCc3ccccc3)cc2)NC(=O)c2ccccc2)cc1. The molecular formula is C40H37N3O4S. The highest BCUT2D eigenvalue weighted by atomic mass is 32.2. The Bertz CT molecular complexity index is 1870. The van der Waals surface area contributed by atoms with E-state index < -0.39 is 11.8 Å². The highest BCUT2D eigenvalue weighted by Gasteiger charge is 2.18. The van der Waals surface area contributed by atoms with Crippen molar-refractivity contribution in [3.05, 3.63) is 161 Å². The molecule has 0 fully saturated rings. The second-order valence-electron chi connectivity index (χ2n) is 11.2. The lowest BCUT2D eigenvalue weighted by Gasteiger charge is -2.16. The van der Waals surface area contributed by atoms with Crippen molar-refractivity contribution in [2.24, 2.45) is 0 Å². The zero-order valence-electron chi connectivity index (χ0n) is 27.0. The molecule has 0 heterocycles. The van der Waals surface area contributed by atoms with Crippen molar-refractivity contribution in [3.63, 3.8) is 0 Å². The number of carbonyl (C=O) groups excluding carboxylic acids is 3. The molecule has 5 aromatic rings. The highest BCUT2D eigenvalue weighted by Crippen LogP contribution is 2.27. The maximum absolute atomic E-state index is 13.5. The fourth-order valence-corrected chi connectivity index (χ4v) is 5.69. The smallest absolute Gasteiger partial charge is 0.272 e. The Balaban J connectivity index is 1.25. The molecule has 0 saturated heterocycles. The minimum absolute atomic E-state index is 0.0806. The maximum atomic E-state index is 13.5. The van der Waals surface area contributed by atoms with Gasteiger partial charge >= 0.3 is 0 Å². The lowest BCUT2D eigenvalue weighted by Crippen LogP contribution is -2.30. The summed E-state index contributed by atoms with van der Waals surface area (Å²) in [4.78, 5) is 40.4. The average Bonchev–Trinajstić information content (AvgIpc) is 3.10. The van der Waals surface area contributed by atoms with Crippen molar-refractivity contribution in [2.75, 3.05) is 10.6 Å². The zero-order chi connectivity index (χ0) is 33.9. The molecule has 1 atom stereocenters. The number of hydrogen-bond acceptors (Lipinski definition) is 5. The van der Waals surface area contributed by atoms with Crippen LogP contribution in [0.2, 0.25) is 0 Å². The Morgan fingerprint density at radius 1 is 0.729 bits per heavy atom. The van der Waals surface area contributed by atoms with E-state index in [-0.39, 0.29) is 16.9 Å². The van der Waals surface area contributed by atoms with Crippen molar-refractivity contribution < 1.29 is 19.1 Å². The number of hydrogen-bond donors (Lipinski definition) is 3. The third-order valence-electron chi connectivity index (χ3n) is 7.49. The maximum Gasteiger partial charge on any atom is 0.272 e. The molecule has 3 N–H and O–H groups in total. The number of para-hydroxylation sites is 1. The third kappa shape index (κ3) is 9.47. The molecule has 7 nitrogen and oxygen atoms in total. The normalized spacial score (nSPS) is 11.7. The topological polar surface area (TPSA) is 96.5 Å². The summed E-state index contributed by atoms with van der Waals surface area (Å²) in [6.45, 7) is 6.24. The molecule has 5 aromatic carbocycles. The number of ether oxygens (including phenoxy) is 1. The van der Waals surface area contributed by atoms with Gasteiger partial charge in [0.1, 0.15) is 18.1 Å². The lowest BCUT2D eigenvalue weighted by molar-refractivity contribution is -0.115. The molecule has 0 aliphatic rings. The molecule has 1 unspecified atom stereocenters. The minimum atomic E-state index is -0.481. The molecule has 242 valence electrons. The first-order chi connectivity index (χ1) is 23.2. The van der Waals surface area contributed by atoms with Gasteiger partial charge in [0.05, 0.1) is 5.25 Å². The van der Waals surface area contributed by atoms with Gasteiger partial charge in [-0.05, 0) is 97.6 Å². The van der Waals surface area contributed by atoms with Gasteiger partial charge in [-0.2, -0.15) is 0 Å². The van der Waals surface area contributed by atoms with Crippen LogP contribution in [0.4, 0.5) is 11.4 Å². The first-order valence-corrected chi connectivity index (χ1v) is 16.4. The largest absolute Gasteiger partial charge is 0.489 e. The predicted molar refractivity (Wildman–Crippen MR) is 194 cm³/mol. The van der Waals surface area contributed by atoms with Crippen molar-refractivity contribution in [1.82, 2.24) is 5.32 Å². The third-order valence-corrected chi connectivity index (χ3v) is 8.60. The standard InChI is InChI=1S/C40H37N3O4S/c1-27-11-10-12-28(2)37(27)43-38(44)29(3)48-35-23-19-33(20-24-35)41-40(46)36(42-39(45)32-15-8-5-9-16-32)25-30-17-21-34(22-18-30)47-26-31-13-6-4-7-14-31/h4-25,29H,26H2,1-3H3,(H,41,46)(H,42,45)(H,43,44)/b36-25-. The average molecular weight is 656 g/mol. The molecule has 5 rings (SSSR count). The Hall–Kier alpha value is -5.60. The zero-order valence-corrected chi connectivity index (χ0v) is 27.8. The fourth-order valence-electron chi connectivity index (χ4n) is 4.82. The number of anilines is 2. The number of nitrogens with one attached hydrogen (secondary N) is 3. The molecule has 0 saturated carbocycles. The predicted octanol–water partition coefficient (Wildman–Crippen LogP) is 8.41. The Labute approximate surface area is 285 Å². The Morgan fingerprint density at radius 3 is 2.00 bits per heavy atom. The van der Waals surface area contributed by atoms with E-state index in [0.29, 0.717) is 29.2 Å². The van der Waals surface area contributed by atoms with E-state index >= 15 is 0 Å². The van der Waals surface area contributed by atoms with Gasteiger partial charge in [0.2, 0.25) is 5.91 Å². The van der Waals surface area contributed by atoms with Crippen LogP contribution in [0, 0.1) is 13.8 Å². The van der Waals surface area contributed by atoms with Gasteiger partial charge in [-0.25, -0.2) is 0 Å². The van der Waals surface area contributed by atoms with Crippen LogP contribution in [0.3, 0.4) is 0 Å². The monoisotopic (exact) mass is 655 g/mol. The number of amides is 3. The van der Waals surface area contributed by atoms with E-state index in [9.17, 15) is 14.4 Å². The van der Waals surface area contributed by atoms with Gasteiger partial charge in [0.15, 0.2) is 0 Å². The summed E-state index contributed by atoms with van der Waals surface area (Å²) >= 11 is 1.42. The quantitative estimate of drug-likeness (QED) is 0.0927. The highest BCUT2D eigenvalue weighted by molar-refractivity contribution is 8.00. The molecule has 3 amide bonds. The van der Waals surface area contributed by atoms with Crippen molar-refractivity contribution in [3.8, 4) is 5.75 Å².